The van der Waals surface area contributed by atoms with E-state index in [9.17, 15) is 4.79 Å². The number of amides is 1. The predicted molar refractivity (Wildman–Crippen MR) is 117 cm³/mol. The van der Waals surface area contributed by atoms with E-state index < -0.39 is 0 Å². The van der Waals surface area contributed by atoms with Crippen LogP contribution in [0.2, 0.25) is 0 Å². The second kappa shape index (κ2) is 9.73. The summed E-state index contributed by atoms with van der Waals surface area (Å²) < 4.78 is 1.06. The van der Waals surface area contributed by atoms with Gasteiger partial charge in [-0.3, -0.25) is 9.69 Å². The van der Waals surface area contributed by atoms with Gasteiger partial charge in [0, 0.05) is 47.8 Å². The van der Waals surface area contributed by atoms with Crippen molar-refractivity contribution in [1.29, 1.82) is 0 Å². The van der Waals surface area contributed by atoms with Gasteiger partial charge < -0.3 is 10.2 Å². The Morgan fingerprint density at radius 1 is 1.15 bits per heavy atom. The number of aryl methyl sites for hydroxylation is 1. The third-order valence-corrected chi connectivity index (χ3v) is 6.38. The van der Waals surface area contributed by atoms with Crippen molar-refractivity contribution in [2.24, 2.45) is 0 Å². The summed E-state index contributed by atoms with van der Waals surface area (Å²) in [4.78, 5) is 18.3. The number of rotatable bonds is 6. The molecule has 1 saturated heterocycles. The van der Waals surface area contributed by atoms with Gasteiger partial charge >= 0.3 is 0 Å². The van der Waals surface area contributed by atoms with E-state index in [1.165, 1.54) is 11.1 Å². The normalized spacial score (nSPS) is 15.7. The number of thioether (sulfide) groups is 1. The molecule has 6 heteroatoms. The van der Waals surface area contributed by atoms with Crippen molar-refractivity contribution < 1.29 is 4.79 Å². The standard InChI is InChI=1S/C21H26BrN3OS/c1-16-12-18(22)6-7-20(16)27-15-21(26)23-19-5-3-4-17(13-19)14-25-10-8-24(2)9-11-25/h3-7,12-13H,8-11,14-15H2,1-2H3,(H,23,26). The van der Waals surface area contributed by atoms with E-state index in [1.807, 2.05) is 24.3 Å². The number of likely N-dealkylation sites (N-methyl/N-ethyl adjacent to an activating group) is 1. The van der Waals surface area contributed by atoms with Crippen molar-refractivity contribution in [2.75, 3.05) is 44.3 Å². The Kier molecular flexibility index (Phi) is 7.35. The Bertz CT molecular complexity index is 791. The molecule has 3 rings (SSSR count). The lowest BCUT2D eigenvalue weighted by molar-refractivity contribution is -0.113. The number of carbonyl (C=O) groups is 1. The molecule has 0 aliphatic carbocycles. The summed E-state index contributed by atoms with van der Waals surface area (Å²) in [7, 11) is 2.17. The fourth-order valence-electron chi connectivity index (χ4n) is 3.13. The number of hydrogen-bond donors (Lipinski definition) is 1. The molecule has 1 amide bonds. The maximum absolute atomic E-state index is 12.3. The van der Waals surface area contributed by atoms with Crippen LogP contribution in [0.4, 0.5) is 5.69 Å². The fourth-order valence-corrected chi connectivity index (χ4v) is 4.41. The van der Waals surface area contributed by atoms with E-state index in [1.54, 1.807) is 11.8 Å². The zero-order chi connectivity index (χ0) is 19.2. The number of anilines is 1. The van der Waals surface area contributed by atoms with E-state index in [2.05, 4.69) is 63.2 Å². The van der Waals surface area contributed by atoms with Crippen molar-refractivity contribution in [3.63, 3.8) is 0 Å². The molecule has 0 unspecified atom stereocenters. The summed E-state index contributed by atoms with van der Waals surface area (Å²) in [6.07, 6.45) is 0. The maximum atomic E-state index is 12.3. The van der Waals surface area contributed by atoms with Crippen LogP contribution in [0.25, 0.3) is 0 Å². The van der Waals surface area contributed by atoms with Gasteiger partial charge in [-0.1, -0.05) is 28.1 Å². The first-order valence-corrected chi connectivity index (χ1v) is 11.0. The summed E-state index contributed by atoms with van der Waals surface area (Å²) in [5, 5.41) is 3.03. The quantitative estimate of drug-likeness (QED) is 0.671. The van der Waals surface area contributed by atoms with Crippen LogP contribution >= 0.6 is 27.7 Å². The minimum absolute atomic E-state index is 0.0269. The van der Waals surface area contributed by atoms with Crippen LogP contribution in [-0.4, -0.2) is 54.7 Å². The average Bonchev–Trinajstić information content (AvgIpc) is 2.63. The van der Waals surface area contributed by atoms with Crippen LogP contribution in [0.3, 0.4) is 0 Å². The van der Waals surface area contributed by atoms with Gasteiger partial charge in [0.15, 0.2) is 0 Å². The summed E-state index contributed by atoms with van der Waals surface area (Å²) in [6, 6.07) is 14.3. The second-order valence-corrected chi connectivity index (χ2v) is 8.96. The largest absolute Gasteiger partial charge is 0.325 e. The van der Waals surface area contributed by atoms with Crippen molar-refractivity contribution in [3.05, 3.63) is 58.1 Å². The zero-order valence-corrected chi connectivity index (χ0v) is 18.3. The molecule has 0 spiro atoms. The number of benzene rings is 2. The number of nitrogens with zero attached hydrogens (tertiary/aromatic N) is 2. The van der Waals surface area contributed by atoms with Crippen molar-refractivity contribution in [1.82, 2.24) is 9.80 Å². The topological polar surface area (TPSA) is 35.6 Å². The molecule has 4 nitrogen and oxygen atoms in total. The van der Waals surface area contributed by atoms with Crippen molar-refractivity contribution in [2.45, 2.75) is 18.4 Å². The van der Waals surface area contributed by atoms with E-state index >= 15 is 0 Å². The van der Waals surface area contributed by atoms with Gasteiger partial charge in [0.2, 0.25) is 5.91 Å². The number of halogens is 1. The number of nitrogens with one attached hydrogen (secondary N) is 1. The molecule has 0 radical (unpaired) electrons. The van der Waals surface area contributed by atoms with Crippen molar-refractivity contribution in [3.8, 4) is 0 Å². The monoisotopic (exact) mass is 447 g/mol. The zero-order valence-electron chi connectivity index (χ0n) is 15.9. The van der Waals surface area contributed by atoms with E-state index in [0.717, 1.165) is 47.8 Å². The highest BCUT2D eigenvalue weighted by Crippen LogP contribution is 2.25. The Morgan fingerprint density at radius 3 is 2.67 bits per heavy atom. The molecular formula is C21H26BrN3OS. The number of carbonyl (C=O) groups excluding carboxylic acids is 1. The van der Waals surface area contributed by atoms with Gasteiger partial charge in [0.1, 0.15) is 0 Å². The summed E-state index contributed by atoms with van der Waals surface area (Å²) in [6.45, 7) is 7.41. The van der Waals surface area contributed by atoms with Crippen LogP contribution < -0.4 is 5.32 Å². The minimum Gasteiger partial charge on any atom is -0.325 e. The Hall–Kier alpha value is -1.34. The molecule has 0 bridgehead atoms. The second-order valence-electron chi connectivity index (χ2n) is 7.03. The molecule has 1 N–H and O–H groups in total. The Morgan fingerprint density at radius 2 is 1.93 bits per heavy atom. The number of hydrogen-bond acceptors (Lipinski definition) is 4. The van der Waals surface area contributed by atoms with Crippen LogP contribution in [0.5, 0.6) is 0 Å². The van der Waals surface area contributed by atoms with E-state index in [0.29, 0.717) is 5.75 Å². The molecule has 27 heavy (non-hydrogen) atoms. The molecule has 1 aliphatic rings. The third kappa shape index (κ3) is 6.35. The van der Waals surface area contributed by atoms with Gasteiger partial charge in [-0.2, -0.15) is 0 Å². The first-order chi connectivity index (χ1) is 13.0. The Balaban J connectivity index is 1.51. The summed E-state index contributed by atoms with van der Waals surface area (Å²) in [5.41, 5.74) is 3.30. The highest BCUT2D eigenvalue weighted by Gasteiger charge is 2.14. The van der Waals surface area contributed by atoms with Gasteiger partial charge in [0.05, 0.1) is 5.75 Å². The molecule has 0 saturated carbocycles. The molecule has 1 fully saturated rings. The molecule has 1 heterocycles. The average molecular weight is 448 g/mol. The molecule has 0 atom stereocenters. The molecule has 2 aromatic carbocycles. The lowest BCUT2D eigenvalue weighted by Gasteiger charge is -2.32. The highest BCUT2D eigenvalue weighted by atomic mass is 79.9. The third-order valence-electron chi connectivity index (χ3n) is 4.71. The van der Waals surface area contributed by atoms with Crippen LogP contribution in [0.1, 0.15) is 11.1 Å². The van der Waals surface area contributed by atoms with E-state index in [4.69, 9.17) is 0 Å². The summed E-state index contributed by atoms with van der Waals surface area (Å²) >= 11 is 5.04. The number of piperazine rings is 1. The molecular weight excluding hydrogens is 422 g/mol. The smallest absolute Gasteiger partial charge is 0.234 e. The lowest BCUT2D eigenvalue weighted by Crippen LogP contribution is -2.43. The fraction of sp³-hybridized carbons (Fsp3) is 0.381. The minimum atomic E-state index is 0.0269. The SMILES string of the molecule is Cc1cc(Br)ccc1SCC(=O)Nc1cccc(CN2CCN(C)CC2)c1. The molecule has 2 aromatic rings. The first-order valence-electron chi connectivity index (χ1n) is 9.18. The molecule has 144 valence electrons. The lowest BCUT2D eigenvalue weighted by atomic mass is 10.1. The van der Waals surface area contributed by atoms with Crippen molar-refractivity contribution >= 4 is 39.3 Å². The van der Waals surface area contributed by atoms with Gasteiger partial charge in [0.25, 0.3) is 0 Å². The summed E-state index contributed by atoms with van der Waals surface area (Å²) in [5.74, 6) is 0.435. The molecule has 1 aliphatic heterocycles. The molecule has 0 aromatic heterocycles. The maximum Gasteiger partial charge on any atom is 0.234 e. The highest BCUT2D eigenvalue weighted by molar-refractivity contribution is 9.10. The van der Waals surface area contributed by atoms with Gasteiger partial charge in [-0.25, -0.2) is 0 Å². The van der Waals surface area contributed by atoms with Gasteiger partial charge in [-0.05, 0) is 55.4 Å². The Labute approximate surface area is 174 Å². The first kappa shape index (κ1) is 20.4. The van der Waals surface area contributed by atoms with E-state index in [-0.39, 0.29) is 5.91 Å². The van der Waals surface area contributed by atoms with Gasteiger partial charge in [-0.15, -0.1) is 11.8 Å². The van der Waals surface area contributed by atoms with Crippen LogP contribution in [0.15, 0.2) is 51.8 Å². The van der Waals surface area contributed by atoms with Crippen LogP contribution in [0, 0.1) is 6.92 Å². The van der Waals surface area contributed by atoms with Crippen LogP contribution in [-0.2, 0) is 11.3 Å². The predicted octanol–water partition coefficient (Wildman–Crippen LogP) is 4.24.